The molecular weight excluding hydrogens is 280 g/mol. The number of carbonyl (C=O) groups excluding carboxylic acids is 2. The highest BCUT2D eigenvalue weighted by molar-refractivity contribution is 5.76. The van der Waals surface area contributed by atoms with Crippen LogP contribution in [-0.4, -0.2) is 36.0 Å². The van der Waals surface area contributed by atoms with Crippen molar-refractivity contribution in [2.45, 2.75) is 39.2 Å². The highest BCUT2D eigenvalue weighted by Crippen LogP contribution is 2.14. The summed E-state index contributed by atoms with van der Waals surface area (Å²) in [5.74, 6) is 1.12. The zero-order valence-electron chi connectivity index (χ0n) is 13.2. The summed E-state index contributed by atoms with van der Waals surface area (Å²) in [6, 6.07) is 9.07. The molecule has 1 fully saturated rings. The van der Waals surface area contributed by atoms with Gasteiger partial charge in [0.25, 0.3) is 0 Å². The fraction of sp³-hybridized carbons (Fsp3) is 0.529. The Hall–Kier alpha value is -2.04. The maximum absolute atomic E-state index is 12.0. The summed E-state index contributed by atoms with van der Waals surface area (Å²) in [5.41, 5.74) is 0. The van der Waals surface area contributed by atoms with Crippen molar-refractivity contribution < 1.29 is 14.3 Å². The van der Waals surface area contributed by atoms with Crippen LogP contribution in [0, 0.1) is 5.92 Å². The van der Waals surface area contributed by atoms with Crippen LogP contribution in [-0.2, 0) is 4.79 Å². The van der Waals surface area contributed by atoms with E-state index in [9.17, 15) is 9.59 Å². The largest absolute Gasteiger partial charge is 0.412 e. The molecule has 1 N–H and O–H groups in total. The lowest BCUT2D eigenvalue weighted by Crippen LogP contribution is -2.47. The first-order valence-electron chi connectivity index (χ1n) is 7.85. The van der Waals surface area contributed by atoms with Crippen molar-refractivity contribution in [3.63, 3.8) is 0 Å². The van der Waals surface area contributed by atoms with Gasteiger partial charge in [-0.05, 0) is 30.9 Å². The Labute approximate surface area is 131 Å². The first kappa shape index (κ1) is 16.3. The van der Waals surface area contributed by atoms with Gasteiger partial charge in [0.2, 0.25) is 5.91 Å². The molecule has 1 saturated heterocycles. The summed E-state index contributed by atoms with van der Waals surface area (Å²) in [7, 11) is 0. The van der Waals surface area contributed by atoms with Crippen LogP contribution in [0.25, 0.3) is 0 Å². The maximum atomic E-state index is 12.0. The molecule has 0 saturated carbocycles. The van der Waals surface area contributed by atoms with E-state index in [-0.39, 0.29) is 11.9 Å². The van der Waals surface area contributed by atoms with Crippen molar-refractivity contribution in [3.05, 3.63) is 30.3 Å². The number of amides is 2. The Morgan fingerprint density at radius 3 is 2.45 bits per heavy atom. The van der Waals surface area contributed by atoms with Crippen molar-refractivity contribution in [3.8, 4) is 5.75 Å². The monoisotopic (exact) mass is 304 g/mol. The van der Waals surface area contributed by atoms with E-state index in [0.29, 0.717) is 31.2 Å². The third-order valence-electron chi connectivity index (χ3n) is 3.71. The quantitative estimate of drug-likeness (QED) is 0.930. The number of carbonyl (C=O) groups is 2. The van der Waals surface area contributed by atoms with Gasteiger partial charge in [-0.2, -0.15) is 0 Å². The number of ether oxygens (including phenoxy) is 1. The zero-order chi connectivity index (χ0) is 15.9. The van der Waals surface area contributed by atoms with Crippen molar-refractivity contribution in [2.75, 3.05) is 13.1 Å². The third kappa shape index (κ3) is 5.06. The average molecular weight is 304 g/mol. The molecule has 1 aliphatic rings. The van der Waals surface area contributed by atoms with Crippen molar-refractivity contribution in [2.24, 2.45) is 5.92 Å². The van der Waals surface area contributed by atoms with Gasteiger partial charge in [0.15, 0.2) is 0 Å². The lowest BCUT2D eigenvalue weighted by atomic mass is 10.0. The van der Waals surface area contributed by atoms with Crippen LogP contribution < -0.4 is 10.1 Å². The van der Waals surface area contributed by atoms with Gasteiger partial charge < -0.3 is 15.0 Å². The van der Waals surface area contributed by atoms with Gasteiger partial charge in [0, 0.05) is 25.6 Å². The third-order valence-corrected chi connectivity index (χ3v) is 3.71. The molecule has 0 aromatic heterocycles. The van der Waals surface area contributed by atoms with Gasteiger partial charge in [-0.15, -0.1) is 0 Å². The zero-order valence-corrected chi connectivity index (χ0v) is 13.2. The molecule has 2 rings (SSSR count). The number of hydrogen-bond acceptors (Lipinski definition) is 3. The second-order valence-corrected chi connectivity index (χ2v) is 6.10. The summed E-state index contributed by atoms with van der Waals surface area (Å²) >= 11 is 0. The fourth-order valence-electron chi connectivity index (χ4n) is 2.54. The fourth-order valence-corrected chi connectivity index (χ4v) is 2.54. The number of piperidine rings is 1. The molecule has 0 radical (unpaired) electrons. The van der Waals surface area contributed by atoms with Crippen LogP contribution in [0.1, 0.15) is 33.1 Å². The highest BCUT2D eigenvalue weighted by atomic mass is 16.6. The first-order chi connectivity index (χ1) is 10.5. The van der Waals surface area contributed by atoms with Crippen molar-refractivity contribution in [1.82, 2.24) is 10.2 Å². The normalized spacial score (nSPS) is 15.7. The minimum atomic E-state index is -0.432. The van der Waals surface area contributed by atoms with E-state index in [1.165, 1.54) is 0 Å². The van der Waals surface area contributed by atoms with E-state index >= 15 is 0 Å². The molecule has 0 unspecified atom stereocenters. The predicted octanol–water partition coefficient (Wildman–Crippen LogP) is 2.81. The average Bonchev–Trinajstić information content (AvgIpc) is 2.48. The van der Waals surface area contributed by atoms with Gasteiger partial charge in [-0.3, -0.25) is 4.79 Å². The summed E-state index contributed by atoms with van der Waals surface area (Å²) in [6.45, 7) is 5.49. The van der Waals surface area contributed by atoms with Gasteiger partial charge in [0.05, 0.1) is 0 Å². The second-order valence-electron chi connectivity index (χ2n) is 6.10. The van der Waals surface area contributed by atoms with E-state index in [1.54, 1.807) is 12.1 Å². The van der Waals surface area contributed by atoms with Crippen molar-refractivity contribution in [1.29, 1.82) is 0 Å². The van der Waals surface area contributed by atoms with E-state index in [0.717, 1.165) is 12.8 Å². The topological polar surface area (TPSA) is 58.6 Å². The van der Waals surface area contributed by atoms with E-state index in [2.05, 4.69) is 5.32 Å². The number of benzene rings is 1. The number of hydrogen-bond donors (Lipinski definition) is 1. The van der Waals surface area contributed by atoms with Crippen molar-refractivity contribution >= 4 is 12.0 Å². The molecule has 22 heavy (non-hydrogen) atoms. The molecule has 0 aliphatic carbocycles. The van der Waals surface area contributed by atoms with Gasteiger partial charge in [-0.25, -0.2) is 4.79 Å². The SMILES string of the molecule is CC(C)CC(=O)N1CCC(NC(=O)Oc2ccccc2)CC1. The Morgan fingerprint density at radius 1 is 1.23 bits per heavy atom. The molecule has 0 spiro atoms. The van der Waals surface area contributed by atoms with Crippen LogP contribution in [0.15, 0.2) is 30.3 Å². The van der Waals surface area contributed by atoms with Crippen LogP contribution in [0.3, 0.4) is 0 Å². The first-order valence-corrected chi connectivity index (χ1v) is 7.85. The molecule has 1 aromatic carbocycles. The molecule has 1 aliphatic heterocycles. The second kappa shape index (κ2) is 7.82. The lowest BCUT2D eigenvalue weighted by Gasteiger charge is -2.32. The Bertz CT molecular complexity index is 494. The molecular formula is C17H24N2O3. The van der Waals surface area contributed by atoms with E-state index in [1.807, 2.05) is 36.9 Å². The summed E-state index contributed by atoms with van der Waals surface area (Å²) in [4.78, 5) is 25.7. The van der Waals surface area contributed by atoms with Crippen LogP contribution in [0.5, 0.6) is 5.75 Å². The molecule has 1 heterocycles. The highest BCUT2D eigenvalue weighted by Gasteiger charge is 2.24. The van der Waals surface area contributed by atoms with E-state index < -0.39 is 6.09 Å². The molecule has 1 aromatic rings. The number of nitrogens with zero attached hydrogens (tertiary/aromatic N) is 1. The Kier molecular flexibility index (Phi) is 5.81. The van der Waals surface area contributed by atoms with Crippen LogP contribution in [0.2, 0.25) is 0 Å². The molecule has 5 heteroatoms. The summed E-state index contributed by atoms with van der Waals surface area (Å²) < 4.78 is 5.21. The standard InChI is InChI=1S/C17H24N2O3/c1-13(2)12-16(20)19-10-8-14(9-11-19)18-17(21)22-15-6-4-3-5-7-15/h3-7,13-14H,8-12H2,1-2H3,(H,18,21). The molecule has 5 nitrogen and oxygen atoms in total. The summed E-state index contributed by atoms with van der Waals surface area (Å²) in [6.07, 6.45) is 1.70. The molecule has 0 atom stereocenters. The smallest absolute Gasteiger partial charge is 0.410 e. The lowest BCUT2D eigenvalue weighted by molar-refractivity contribution is -0.133. The van der Waals surface area contributed by atoms with Gasteiger partial charge in [-0.1, -0.05) is 32.0 Å². The van der Waals surface area contributed by atoms with E-state index in [4.69, 9.17) is 4.74 Å². The van der Waals surface area contributed by atoms with Crippen LogP contribution >= 0.6 is 0 Å². The van der Waals surface area contributed by atoms with Crippen LogP contribution in [0.4, 0.5) is 4.79 Å². The number of likely N-dealkylation sites (tertiary alicyclic amines) is 1. The molecule has 0 bridgehead atoms. The molecule has 120 valence electrons. The Balaban J connectivity index is 1.73. The Morgan fingerprint density at radius 2 is 1.86 bits per heavy atom. The van der Waals surface area contributed by atoms with Gasteiger partial charge in [0.1, 0.15) is 5.75 Å². The number of rotatable bonds is 4. The molecule has 2 amide bonds. The number of para-hydroxylation sites is 1. The predicted molar refractivity (Wildman–Crippen MR) is 84.7 cm³/mol. The maximum Gasteiger partial charge on any atom is 0.412 e. The number of nitrogens with one attached hydrogen (secondary N) is 1. The summed E-state index contributed by atoms with van der Waals surface area (Å²) in [5, 5.41) is 2.87. The minimum Gasteiger partial charge on any atom is -0.410 e. The minimum absolute atomic E-state index is 0.0688. The van der Waals surface area contributed by atoms with Gasteiger partial charge >= 0.3 is 6.09 Å².